The number of rotatable bonds is 2. The molecule has 1 atom stereocenters. The fourth-order valence-corrected chi connectivity index (χ4v) is 2.54. The summed E-state index contributed by atoms with van der Waals surface area (Å²) < 4.78 is 7.39. The van der Waals surface area contributed by atoms with Crippen molar-refractivity contribution in [2.45, 2.75) is 25.9 Å². The molecule has 0 radical (unpaired) electrons. The van der Waals surface area contributed by atoms with Gasteiger partial charge in [0.15, 0.2) is 0 Å². The van der Waals surface area contributed by atoms with E-state index in [1.807, 2.05) is 18.2 Å². The van der Waals surface area contributed by atoms with Crippen molar-refractivity contribution in [3.63, 3.8) is 0 Å². The van der Waals surface area contributed by atoms with Crippen LogP contribution in [0.25, 0.3) is 5.65 Å². The first-order chi connectivity index (χ1) is 9.61. The Morgan fingerprint density at radius 1 is 1.45 bits per heavy atom. The maximum Gasteiger partial charge on any atom is 0.259 e. The quantitative estimate of drug-likeness (QED) is 0.835. The van der Waals surface area contributed by atoms with E-state index in [4.69, 9.17) is 4.74 Å². The molecule has 0 aliphatic carbocycles. The Morgan fingerprint density at radius 3 is 3.10 bits per heavy atom. The van der Waals surface area contributed by atoms with Crippen LogP contribution < -0.4 is 10.5 Å². The van der Waals surface area contributed by atoms with Gasteiger partial charge in [-0.15, -0.1) is 0 Å². The third-order valence-electron chi connectivity index (χ3n) is 3.97. The lowest BCUT2D eigenvalue weighted by atomic mass is 10.0. The molecule has 1 saturated heterocycles. The minimum atomic E-state index is -0.165. The highest BCUT2D eigenvalue weighted by atomic mass is 16.5. The SMILES string of the molecule is CCC1(C)CN(c2cc(=O)n3ccccc3n2)CCO1. The third-order valence-corrected chi connectivity index (χ3v) is 3.97. The molecule has 0 saturated carbocycles. The summed E-state index contributed by atoms with van der Waals surface area (Å²) >= 11 is 0. The van der Waals surface area contributed by atoms with E-state index >= 15 is 0 Å². The van der Waals surface area contributed by atoms with Gasteiger partial charge in [0, 0.05) is 25.4 Å². The van der Waals surface area contributed by atoms with Gasteiger partial charge in [0.25, 0.3) is 5.56 Å². The topological polar surface area (TPSA) is 46.8 Å². The van der Waals surface area contributed by atoms with Gasteiger partial charge in [-0.2, -0.15) is 0 Å². The predicted octanol–water partition coefficient (Wildman–Crippen LogP) is 1.70. The summed E-state index contributed by atoms with van der Waals surface area (Å²) in [5.41, 5.74) is 0.469. The summed E-state index contributed by atoms with van der Waals surface area (Å²) in [7, 11) is 0. The Labute approximate surface area is 117 Å². The molecule has 1 unspecified atom stereocenters. The van der Waals surface area contributed by atoms with Crippen LogP contribution in [0.5, 0.6) is 0 Å². The molecule has 1 fully saturated rings. The maximum atomic E-state index is 12.1. The van der Waals surface area contributed by atoms with E-state index in [1.54, 1.807) is 16.7 Å². The van der Waals surface area contributed by atoms with Gasteiger partial charge in [-0.25, -0.2) is 4.98 Å². The first kappa shape index (κ1) is 13.1. The molecular weight excluding hydrogens is 254 g/mol. The number of ether oxygens (including phenoxy) is 1. The molecule has 1 aliphatic heterocycles. The lowest BCUT2D eigenvalue weighted by Crippen LogP contribution is -2.50. The van der Waals surface area contributed by atoms with E-state index in [1.165, 1.54) is 0 Å². The smallest absolute Gasteiger partial charge is 0.259 e. The summed E-state index contributed by atoms with van der Waals surface area (Å²) in [5, 5.41) is 0. The molecule has 3 rings (SSSR count). The van der Waals surface area contributed by atoms with Gasteiger partial charge in [0.2, 0.25) is 0 Å². The minimum Gasteiger partial charge on any atom is -0.372 e. The van der Waals surface area contributed by atoms with Crippen molar-refractivity contribution in [3.05, 3.63) is 40.8 Å². The van der Waals surface area contributed by atoms with Gasteiger partial charge in [0.1, 0.15) is 11.5 Å². The molecule has 0 amide bonds. The zero-order valence-corrected chi connectivity index (χ0v) is 11.9. The number of aromatic nitrogens is 2. The molecular formula is C15H19N3O2. The summed E-state index contributed by atoms with van der Waals surface area (Å²) in [6, 6.07) is 7.18. The van der Waals surface area contributed by atoms with Crippen molar-refractivity contribution < 1.29 is 4.74 Å². The number of pyridine rings is 1. The van der Waals surface area contributed by atoms with Crippen molar-refractivity contribution in [2.24, 2.45) is 0 Å². The first-order valence-corrected chi connectivity index (χ1v) is 6.99. The van der Waals surface area contributed by atoms with Crippen LogP contribution in [0.4, 0.5) is 5.82 Å². The van der Waals surface area contributed by atoms with Crippen LogP contribution in [-0.4, -0.2) is 34.7 Å². The zero-order chi connectivity index (χ0) is 14.2. The molecule has 0 N–H and O–H groups in total. The maximum absolute atomic E-state index is 12.1. The predicted molar refractivity (Wildman–Crippen MR) is 78.3 cm³/mol. The standard InChI is InChI=1S/C15H19N3O2/c1-3-15(2)11-17(8-9-20-15)13-10-14(19)18-7-5-4-6-12(18)16-13/h4-7,10H,3,8-9,11H2,1-2H3. The summed E-state index contributed by atoms with van der Waals surface area (Å²) in [6.07, 6.45) is 2.68. The largest absolute Gasteiger partial charge is 0.372 e. The molecule has 2 aromatic heterocycles. The lowest BCUT2D eigenvalue weighted by molar-refractivity contribution is -0.0443. The van der Waals surface area contributed by atoms with Crippen molar-refractivity contribution >= 4 is 11.5 Å². The molecule has 20 heavy (non-hydrogen) atoms. The van der Waals surface area contributed by atoms with Crippen LogP contribution in [0.3, 0.4) is 0 Å². The van der Waals surface area contributed by atoms with E-state index in [2.05, 4.69) is 23.7 Å². The number of fused-ring (bicyclic) bond motifs is 1. The van der Waals surface area contributed by atoms with Gasteiger partial charge < -0.3 is 9.64 Å². The van der Waals surface area contributed by atoms with Crippen molar-refractivity contribution in [2.75, 3.05) is 24.6 Å². The normalized spacial score (nSPS) is 23.2. The van der Waals surface area contributed by atoms with Gasteiger partial charge in [-0.3, -0.25) is 9.20 Å². The van der Waals surface area contributed by atoms with Crippen molar-refractivity contribution in [1.29, 1.82) is 0 Å². The van der Waals surface area contributed by atoms with Gasteiger partial charge >= 0.3 is 0 Å². The van der Waals surface area contributed by atoms with Crippen LogP contribution in [-0.2, 0) is 4.74 Å². The molecule has 2 aromatic rings. The van der Waals surface area contributed by atoms with Crippen molar-refractivity contribution in [3.8, 4) is 0 Å². The molecule has 0 bridgehead atoms. The molecule has 3 heterocycles. The Bertz CT molecular complexity index is 682. The fourth-order valence-electron chi connectivity index (χ4n) is 2.54. The highest BCUT2D eigenvalue weighted by Gasteiger charge is 2.31. The molecule has 0 aromatic carbocycles. The van der Waals surface area contributed by atoms with Crippen LogP contribution in [0, 0.1) is 0 Å². The number of hydrogen-bond donors (Lipinski definition) is 0. The second-order valence-electron chi connectivity index (χ2n) is 5.45. The number of morpholine rings is 1. The van der Waals surface area contributed by atoms with Crippen LogP contribution in [0.15, 0.2) is 35.3 Å². The van der Waals surface area contributed by atoms with Gasteiger partial charge in [0.05, 0.1) is 12.2 Å². The summed E-state index contributed by atoms with van der Waals surface area (Å²) in [5.74, 6) is 0.740. The summed E-state index contributed by atoms with van der Waals surface area (Å²) in [4.78, 5) is 18.9. The Kier molecular flexibility index (Phi) is 3.22. The highest BCUT2D eigenvalue weighted by Crippen LogP contribution is 2.24. The van der Waals surface area contributed by atoms with Gasteiger partial charge in [-0.05, 0) is 25.5 Å². The zero-order valence-electron chi connectivity index (χ0n) is 11.9. The van der Waals surface area contributed by atoms with E-state index in [9.17, 15) is 4.79 Å². The van der Waals surface area contributed by atoms with E-state index in [0.717, 1.165) is 25.3 Å². The second kappa shape index (κ2) is 4.90. The van der Waals surface area contributed by atoms with Crippen LogP contribution >= 0.6 is 0 Å². The number of hydrogen-bond acceptors (Lipinski definition) is 4. The first-order valence-electron chi connectivity index (χ1n) is 6.99. The fraction of sp³-hybridized carbons (Fsp3) is 0.467. The van der Waals surface area contributed by atoms with Gasteiger partial charge in [-0.1, -0.05) is 13.0 Å². The molecule has 5 heteroatoms. The number of nitrogens with zero attached hydrogens (tertiary/aromatic N) is 3. The van der Waals surface area contributed by atoms with Crippen LogP contribution in [0.2, 0.25) is 0 Å². The Balaban J connectivity index is 2.00. The van der Waals surface area contributed by atoms with E-state index in [-0.39, 0.29) is 11.2 Å². The molecule has 5 nitrogen and oxygen atoms in total. The highest BCUT2D eigenvalue weighted by molar-refractivity contribution is 5.48. The lowest BCUT2D eigenvalue weighted by Gasteiger charge is -2.40. The number of anilines is 1. The Morgan fingerprint density at radius 2 is 2.30 bits per heavy atom. The average molecular weight is 273 g/mol. The Hall–Kier alpha value is -1.88. The molecule has 1 aliphatic rings. The monoisotopic (exact) mass is 273 g/mol. The molecule has 106 valence electrons. The van der Waals surface area contributed by atoms with E-state index in [0.29, 0.717) is 12.3 Å². The average Bonchev–Trinajstić information content (AvgIpc) is 2.47. The van der Waals surface area contributed by atoms with E-state index < -0.39 is 0 Å². The van der Waals surface area contributed by atoms with Crippen LogP contribution in [0.1, 0.15) is 20.3 Å². The third kappa shape index (κ3) is 2.29. The summed E-state index contributed by atoms with van der Waals surface area (Å²) in [6.45, 7) is 6.42. The minimum absolute atomic E-state index is 0.0460. The van der Waals surface area contributed by atoms with Crippen molar-refractivity contribution in [1.82, 2.24) is 9.38 Å². The molecule has 0 spiro atoms. The second-order valence-corrected chi connectivity index (χ2v) is 5.45.